The van der Waals surface area contributed by atoms with Crippen LogP contribution in [0.1, 0.15) is 27.7 Å². The lowest BCUT2D eigenvalue weighted by Gasteiger charge is -2.37. The highest BCUT2D eigenvalue weighted by Crippen LogP contribution is 2.24. The zero-order valence-corrected chi connectivity index (χ0v) is 11.3. The number of carbonyl (C=O) groups excluding carboxylic acids is 2. The fraction of sp³-hybridized carbons (Fsp3) is 0.833. The van der Waals surface area contributed by atoms with Crippen molar-refractivity contribution in [3.8, 4) is 0 Å². The van der Waals surface area contributed by atoms with Gasteiger partial charge in [0.1, 0.15) is 11.7 Å². The standard InChI is InChI=1S/C12H20N2O4/c1-8-9-7-13(10(15)18-12(2,3)4)5-6-14(9)11(16)17-8/h8-9H,5-7H2,1-4H3. The topological polar surface area (TPSA) is 59.1 Å². The molecule has 2 fully saturated rings. The number of cyclic esters (lactones) is 1. The molecule has 2 saturated heterocycles. The van der Waals surface area contributed by atoms with Crippen LogP contribution in [0.2, 0.25) is 0 Å². The van der Waals surface area contributed by atoms with E-state index in [0.717, 1.165) is 0 Å². The molecular formula is C12H20N2O4. The summed E-state index contributed by atoms with van der Waals surface area (Å²) < 4.78 is 10.5. The first-order valence-electron chi connectivity index (χ1n) is 6.23. The van der Waals surface area contributed by atoms with E-state index in [9.17, 15) is 9.59 Å². The van der Waals surface area contributed by atoms with Crippen LogP contribution in [0.3, 0.4) is 0 Å². The second kappa shape index (κ2) is 4.33. The zero-order chi connectivity index (χ0) is 13.5. The van der Waals surface area contributed by atoms with Crippen molar-refractivity contribution in [2.24, 2.45) is 0 Å². The lowest BCUT2D eigenvalue weighted by atomic mass is 10.1. The fourth-order valence-electron chi connectivity index (χ4n) is 2.24. The molecule has 0 aromatic rings. The van der Waals surface area contributed by atoms with Crippen molar-refractivity contribution < 1.29 is 19.1 Å². The minimum Gasteiger partial charge on any atom is -0.444 e. The Morgan fingerprint density at radius 2 is 2.06 bits per heavy atom. The Kier molecular flexibility index (Phi) is 3.12. The van der Waals surface area contributed by atoms with Gasteiger partial charge in [-0.25, -0.2) is 9.59 Å². The average Bonchev–Trinajstić information content (AvgIpc) is 2.52. The largest absolute Gasteiger partial charge is 0.444 e. The van der Waals surface area contributed by atoms with Gasteiger partial charge in [-0.05, 0) is 27.7 Å². The van der Waals surface area contributed by atoms with Crippen molar-refractivity contribution in [1.29, 1.82) is 0 Å². The van der Waals surface area contributed by atoms with Gasteiger partial charge in [0.25, 0.3) is 0 Å². The van der Waals surface area contributed by atoms with Crippen LogP contribution >= 0.6 is 0 Å². The second-order valence-electron chi connectivity index (χ2n) is 5.78. The molecule has 0 spiro atoms. The Morgan fingerprint density at radius 1 is 1.39 bits per heavy atom. The molecule has 102 valence electrons. The number of hydrogen-bond acceptors (Lipinski definition) is 4. The summed E-state index contributed by atoms with van der Waals surface area (Å²) in [7, 11) is 0. The van der Waals surface area contributed by atoms with Crippen LogP contribution in [-0.4, -0.2) is 59.4 Å². The van der Waals surface area contributed by atoms with Crippen LogP contribution < -0.4 is 0 Å². The molecular weight excluding hydrogens is 236 g/mol. The van der Waals surface area contributed by atoms with Crippen molar-refractivity contribution >= 4 is 12.2 Å². The summed E-state index contributed by atoms with van der Waals surface area (Å²) in [4.78, 5) is 26.8. The lowest BCUT2D eigenvalue weighted by Crippen LogP contribution is -2.55. The van der Waals surface area contributed by atoms with Gasteiger partial charge in [0.15, 0.2) is 0 Å². The van der Waals surface area contributed by atoms with Crippen molar-refractivity contribution in [2.45, 2.75) is 45.4 Å². The molecule has 2 atom stereocenters. The van der Waals surface area contributed by atoms with Gasteiger partial charge < -0.3 is 14.4 Å². The summed E-state index contributed by atoms with van der Waals surface area (Å²) in [6.07, 6.45) is -0.784. The van der Waals surface area contributed by atoms with E-state index in [1.165, 1.54) is 0 Å². The Labute approximate surface area is 107 Å². The number of nitrogens with zero attached hydrogens (tertiary/aromatic N) is 2. The minimum atomic E-state index is -0.498. The molecule has 0 bridgehead atoms. The van der Waals surface area contributed by atoms with Crippen LogP contribution in [0.4, 0.5) is 9.59 Å². The summed E-state index contributed by atoms with van der Waals surface area (Å²) in [5, 5.41) is 0. The third-order valence-corrected chi connectivity index (χ3v) is 3.13. The molecule has 2 aliphatic heterocycles. The Balaban J connectivity index is 1.98. The van der Waals surface area contributed by atoms with Crippen LogP contribution in [0, 0.1) is 0 Å². The third kappa shape index (κ3) is 2.52. The minimum absolute atomic E-state index is 0.0567. The summed E-state index contributed by atoms with van der Waals surface area (Å²) in [6, 6.07) is -0.0567. The maximum absolute atomic E-state index is 11.9. The normalized spacial score (nSPS) is 27.9. The number of piperazine rings is 1. The number of carbonyl (C=O) groups is 2. The molecule has 2 unspecified atom stereocenters. The van der Waals surface area contributed by atoms with E-state index in [-0.39, 0.29) is 24.3 Å². The molecule has 2 heterocycles. The number of amides is 2. The van der Waals surface area contributed by atoms with E-state index >= 15 is 0 Å². The zero-order valence-electron chi connectivity index (χ0n) is 11.3. The maximum Gasteiger partial charge on any atom is 0.410 e. The molecule has 0 saturated carbocycles. The van der Waals surface area contributed by atoms with E-state index in [2.05, 4.69) is 0 Å². The molecule has 2 aliphatic rings. The second-order valence-corrected chi connectivity index (χ2v) is 5.78. The summed E-state index contributed by atoms with van der Waals surface area (Å²) >= 11 is 0. The number of rotatable bonds is 0. The van der Waals surface area contributed by atoms with Crippen LogP contribution in [-0.2, 0) is 9.47 Å². The molecule has 2 amide bonds. The van der Waals surface area contributed by atoms with Gasteiger partial charge in [-0.15, -0.1) is 0 Å². The van der Waals surface area contributed by atoms with E-state index in [1.54, 1.807) is 9.80 Å². The Morgan fingerprint density at radius 3 is 2.67 bits per heavy atom. The van der Waals surface area contributed by atoms with E-state index in [4.69, 9.17) is 9.47 Å². The molecule has 6 nitrogen and oxygen atoms in total. The summed E-state index contributed by atoms with van der Waals surface area (Å²) in [5.74, 6) is 0. The van der Waals surface area contributed by atoms with Crippen molar-refractivity contribution in [3.63, 3.8) is 0 Å². The average molecular weight is 256 g/mol. The Hall–Kier alpha value is -1.46. The van der Waals surface area contributed by atoms with E-state index in [1.807, 2.05) is 27.7 Å². The van der Waals surface area contributed by atoms with Gasteiger partial charge in [-0.2, -0.15) is 0 Å². The molecule has 6 heteroatoms. The van der Waals surface area contributed by atoms with Crippen LogP contribution in [0.25, 0.3) is 0 Å². The first-order chi connectivity index (χ1) is 8.28. The highest BCUT2D eigenvalue weighted by Gasteiger charge is 2.44. The van der Waals surface area contributed by atoms with Crippen molar-refractivity contribution in [3.05, 3.63) is 0 Å². The quantitative estimate of drug-likeness (QED) is 0.658. The SMILES string of the molecule is CC1OC(=O)N2CCN(C(=O)OC(C)(C)C)CC12. The number of ether oxygens (including phenoxy) is 2. The van der Waals surface area contributed by atoms with Crippen molar-refractivity contribution in [1.82, 2.24) is 9.80 Å². The first-order valence-corrected chi connectivity index (χ1v) is 6.23. The smallest absolute Gasteiger partial charge is 0.410 e. The summed E-state index contributed by atoms with van der Waals surface area (Å²) in [6.45, 7) is 8.84. The van der Waals surface area contributed by atoms with Gasteiger partial charge in [-0.1, -0.05) is 0 Å². The highest BCUT2D eigenvalue weighted by atomic mass is 16.6. The van der Waals surface area contributed by atoms with Crippen LogP contribution in [0.15, 0.2) is 0 Å². The van der Waals surface area contributed by atoms with Gasteiger partial charge in [0.05, 0.1) is 6.04 Å². The first kappa shape index (κ1) is 13.0. The molecule has 0 aromatic carbocycles. The molecule has 0 radical (unpaired) electrons. The van der Waals surface area contributed by atoms with Gasteiger partial charge in [0.2, 0.25) is 0 Å². The summed E-state index contributed by atoms with van der Waals surface area (Å²) in [5.41, 5.74) is -0.498. The number of fused-ring (bicyclic) bond motifs is 1. The third-order valence-electron chi connectivity index (χ3n) is 3.13. The predicted octanol–water partition coefficient (Wildman–Crippen LogP) is 1.45. The van der Waals surface area contributed by atoms with Crippen LogP contribution in [0.5, 0.6) is 0 Å². The molecule has 0 N–H and O–H groups in total. The fourth-order valence-corrected chi connectivity index (χ4v) is 2.24. The maximum atomic E-state index is 11.9. The van der Waals surface area contributed by atoms with E-state index in [0.29, 0.717) is 19.6 Å². The van der Waals surface area contributed by atoms with Gasteiger partial charge in [-0.3, -0.25) is 4.90 Å². The van der Waals surface area contributed by atoms with Gasteiger partial charge >= 0.3 is 12.2 Å². The monoisotopic (exact) mass is 256 g/mol. The number of hydrogen-bond donors (Lipinski definition) is 0. The molecule has 0 aliphatic carbocycles. The molecule has 18 heavy (non-hydrogen) atoms. The lowest BCUT2D eigenvalue weighted by molar-refractivity contribution is 0.0106. The Bertz CT molecular complexity index is 364. The van der Waals surface area contributed by atoms with E-state index < -0.39 is 5.60 Å². The molecule has 0 aromatic heterocycles. The predicted molar refractivity (Wildman–Crippen MR) is 64.2 cm³/mol. The molecule has 2 rings (SSSR count). The highest BCUT2D eigenvalue weighted by molar-refractivity contribution is 5.73. The van der Waals surface area contributed by atoms with Gasteiger partial charge in [0, 0.05) is 19.6 Å². The van der Waals surface area contributed by atoms with Crippen molar-refractivity contribution in [2.75, 3.05) is 19.6 Å².